The van der Waals surface area contributed by atoms with E-state index in [2.05, 4.69) is 15.5 Å². The molecule has 1 aromatic heterocycles. The summed E-state index contributed by atoms with van der Waals surface area (Å²) in [5, 5.41) is 6.80. The van der Waals surface area contributed by atoms with Crippen LogP contribution in [0.15, 0.2) is 22.7 Å². The molecule has 1 aliphatic heterocycles. The summed E-state index contributed by atoms with van der Waals surface area (Å²) in [7, 11) is 0. The average Bonchev–Trinajstić information content (AvgIpc) is 3.16. The largest absolute Gasteiger partial charge is 0.482 e. The minimum absolute atomic E-state index is 0. The molecule has 23 heavy (non-hydrogen) atoms. The molecule has 0 bridgehead atoms. The predicted octanol–water partition coefficient (Wildman–Crippen LogP) is 2.22. The molecule has 3 N–H and O–H groups in total. The summed E-state index contributed by atoms with van der Waals surface area (Å²) in [4.78, 5) is 15.8. The van der Waals surface area contributed by atoms with Crippen molar-refractivity contribution < 1.29 is 14.1 Å². The molecule has 122 valence electrons. The maximum atomic E-state index is 11.4. The number of carbonyl (C=O) groups is 1. The number of anilines is 1. The molecule has 4 rings (SSSR count). The standard InChI is InChI=1S/C15H16N4O3.ClH/c16-15(5-1-2-6-15)14-18-13(22-19-14)9-3-4-11-10(7-9)17-12(20)8-21-11;/h3-4,7H,1-2,5-6,8,16H2,(H,17,20);1H. The molecule has 0 saturated heterocycles. The Morgan fingerprint density at radius 2 is 2.04 bits per heavy atom. The van der Waals surface area contributed by atoms with Crippen LogP contribution in [0.3, 0.4) is 0 Å². The molecule has 2 aliphatic rings. The summed E-state index contributed by atoms with van der Waals surface area (Å²) in [5.41, 5.74) is 7.19. The maximum Gasteiger partial charge on any atom is 0.262 e. The highest BCUT2D eigenvalue weighted by molar-refractivity contribution is 5.96. The molecule has 1 amide bonds. The van der Waals surface area contributed by atoms with Crippen LogP contribution in [-0.4, -0.2) is 22.7 Å². The zero-order valence-electron chi connectivity index (χ0n) is 12.4. The van der Waals surface area contributed by atoms with Crippen molar-refractivity contribution in [3.05, 3.63) is 24.0 Å². The van der Waals surface area contributed by atoms with Crippen LogP contribution in [0.4, 0.5) is 5.69 Å². The first-order valence-corrected chi connectivity index (χ1v) is 7.34. The van der Waals surface area contributed by atoms with Crippen molar-refractivity contribution in [1.82, 2.24) is 10.1 Å². The van der Waals surface area contributed by atoms with Crippen LogP contribution in [-0.2, 0) is 10.3 Å². The van der Waals surface area contributed by atoms with Crippen molar-refractivity contribution in [3.63, 3.8) is 0 Å². The van der Waals surface area contributed by atoms with Gasteiger partial charge in [-0.3, -0.25) is 4.79 Å². The number of aromatic nitrogens is 2. The van der Waals surface area contributed by atoms with Gasteiger partial charge in [-0.05, 0) is 31.0 Å². The molecule has 1 aliphatic carbocycles. The summed E-state index contributed by atoms with van der Waals surface area (Å²) in [5.74, 6) is 1.41. The maximum absolute atomic E-state index is 11.4. The molecule has 8 heteroatoms. The molecule has 0 atom stereocenters. The Morgan fingerprint density at radius 1 is 1.26 bits per heavy atom. The molecule has 1 fully saturated rings. The van der Waals surface area contributed by atoms with E-state index in [0.717, 1.165) is 31.2 Å². The molecule has 0 radical (unpaired) electrons. The van der Waals surface area contributed by atoms with Gasteiger partial charge in [0.2, 0.25) is 0 Å². The minimum atomic E-state index is -0.479. The molecule has 0 unspecified atom stereocenters. The fourth-order valence-corrected chi connectivity index (χ4v) is 2.99. The number of hydrogen-bond donors (Lipinski definition) is 2. The number of ether oxygens (including phenoxy) is 1. The quantitative estimate of drug-likeness (QED) is 0.871. The zero-order chi connectivity index (χ0) is 15.2. The lowest BCUT2D eigenvalue weighted by Crippen LogP contribution is -2.34. The fourth-order valence-electron chi connectivity index (χ4n) is 2.99. The molecule has 7 nitrogen and oxygen atoms in total. The van der Waals surface area contributed by atoms with Gasteiger partial charge < -0.3 is 20.3 Å². The lowest BCUT2D eigenvalue weighted by Gasteiger charge is -2.18. The SMILES string of the molecule is Cl.NC1(c2noc(-c3ccc4c(c3)NC(=O)CO4)n2)CCCC1. The number of benzene rings is 1. The number of hydrogen-bond acceptors (Lipinski definition) is 6. The molecular weight excluding hydrogens is 320 g/mol. The van der Waals surface area contributed by atoms with Gasteiger partial charge in [0.05, 0.1) is 11.2 Å². The van der Waals surface area contributed by atoms with Crippen molar-refractivity contribution in [2.24, 2.45) is 5.73 Å². The predicted molar refractivity (Wildman–Crippen MR) is 85.4 cm³/mol. The Morgan fingerprint density at radius 3 is 2.83 bits per heavy atom. The summed E-state index contributed by atoms with van der Waals surface area (Å²) < 4.78 is 10.7. The molecule has 0 spiro atoms. The van der Waals surface area contributed by atoms with Crippen LogP contribution in [0.25, 0.3) is 11.5 Å². The van der Waals surface area contributed by atoms with Crippen LogP contribution < -0.4 is 15.8 Å². The van der Waals surface area contributed by atoms with Crippen LogP contribution in [0.2, 0.25) is 0 Å². The third kappa shape index (κ3) is 2.77. The molecule has 1 saturated carbocycles. The summed E-state index contributed by atoms with van der Waals surface area (Å²) in [6.07, 6.45) is 3.92. The molecular formula is C15H17ClN4O3. The lowest BCUT2D eigenvalue weighted by molar-refractivity contribution is -0.118. The Kier molecular flexibility index (Phi) is 3.99. The first-order valence-electron chi connectivity index (χ1n) is 7.34. The van der Waals surface area contributed by atoms with E-state index in [0.29, 0.717) is 23.2 Å². The summed E-state index contributed by atoms with van der Waals surface area (Å²) in [6, 6.07) is 5.37. The molecule has 1 aromatic carbocycles. The third-order valence-electron chi connectivity index (χ3n) is 4.23. The zero-order valence-corrected chi connectivity index (χ0v) is 13.2. The first kappa shape index (κ1) is 15.8. The van der Waals surface area contributed by atoms with Gasteiger partial charge in [0.25, 0.3) is 11.8 Å². The van der Waals surface area contributed by atoms with Crippen LogP contribution in [0.5, 0.6) is 5.75 Å². The average molecular weight is 337 g/mol. The van der Waals surface area contributed by atoms with Crippen molar-refractivity contribution in [1.29, 1.82) is 0 Å². The smallest absolute Gasteiger partial charge is 0.262 e. The number of fused-ring (bicyclic) bond motifs is 1. The van der Waals surface area contributed by atoms with Gasteiger partial charge in [0.15, 0.2) is 12.4 Å². The highest BCUT2D eigenvalue weighted by atomic mass is 35.5. The monoisotopic (exact) mass is 336 g/mol. The van der Waals surface area contributed by atoms with Crippen LogP contribution in [0, 0.1) is 0 Å². The number of nitrogens with one attached hydrogen (secondary N) is 1. The lowest BCUT2D eigenvalue weighted by atomic mass is 9.99. The van der Waals surface area contributed by atoms with Gasteiger partial charge in [-0.1, -0.05) is 18.0 Å². The molecule has 2 aromatic rings. The van der Waals surface area contributed by atoms with E-state index in [9.17, 15) is 4.79 Å². The van der Waals surface area contributed by atoms with E-state index in [1.54, 1.807) is 12.1 Å². The van der Waals surface area contributed by atoms with E-state index in [1.807, 2.05) is 6.07 Å². The fraction of sp³-hybridized carbons (Fsp3) is 0.400. The van der Waals surface area contributed by atoms with E-state index in [-0.39, 0.29) is 24.9 Å². The van der Waals surface area contributed by atoms with Gasteiger partial charge >= 0.3 is 0 Å². The minimum Gasteiger partial charge on any atom is -0.482 e. The number of nitrogens with two attached hydrogens (primary N) is 1. The van der Waals surface area contributed by atoms with Gasteiger partial charge in [-0.15, -0.1) is 12.4 Å². The second kappa shape index (κ2) is 5.82. The number of rotatable bonds is 2. The number of amides is 1. The number of halogens is 1. The number of carbonyl (C=O) groups excluding carboxylic acids is 1. The number of nitrogens with zero attached hydrogens (tertiary/aromatic N) is 2. The Hall–Kier alpha value is -2.12. The van der Waals surface area contributed by atoms with Gasteiger partial charge in [-0.2, -0.15) is 4.98 Å². The van der Waals surface area contributed by atoms with Crippen LogP contribution in [0.1, 0.15) is 31.5 Å². The van der Waals surface area contributed by atoms with Gasteiger partial charge in [-0.25, -0.2) is 0 Å². The van der Waals surface area contributed by atoms with Crippen molar-refractivity contribution in [2.75, 3.05) is 11.9 Å². The Balaban J connectivity index is 0.00000156. The van der Waals surface area contributed by atoms with E-state index < -0.39 is 5.54 Å². The normalized spacial score (nSPS) is 18.6. The second-order valence-electron chi connectivity index (χ2n) is 5.83. The van der Waals surface area contributed by atoms with E-state index >= 15 is 0 Å². The van der Waals surface area contributed by atoms with Gasteiger partial charge in [0.1, 0.15) is 5.75 Å². The second-order valence-corrected chi connectivity index (χ2v) is 5.83. The van der Waals surface area contributed by atoms with Gasteiger partial charge in [0, 0.05) is 5.56 Å². The van der Waals surface area contributed by atoms with Crippen molar-refractivity contribution >= 4 is 24.0 Å². The van der Waals surface area contributed by atoms with E-state index in [4.69, 9.17) is 15.0 Å². The topological polar surface area (TPSA) is 103 Å². The Labute approximate surface area is 139 Å². The van der Waals surface area contributed by atoms with Crippen LogP contribution >= 0.6 is 12.4 Å². The van der Waals surface area contributed by atoms with Crippen molar-refractivity contribution in [2.45, 2.75) is 31.2 Å². The third-order valence-corrected chi connectivity index (χ3v) is 4.23. The summed E-state index contributed by atoms with van der Waals surface area (Å²) >= 11 is 0. The highest BCUT2D eigenvalue weighted by Crippen LogP contribution is 2.36. The molecule has 2 heterocycles. The first-order chi connectivity index (χ1) is 10.6. The highest BCUT2D eigenvalue weighted by Gasteiger charge is 2.36. The van der Waals surface area contributed by atoms with Crippen molar-refractivity contribution in [3.8, 4) is 17.2 Å². The Bertz CT molecular complexity index is 740. The van der Waals surface area contributed by atoms with E-state index in [1.165, 1.54) is 0 Å². The summed E-state index contributed by atoms with van der Waals surface area (Å²) in [6.45, 7) is 0.0345.